The van der Waals surface area contributed by atoms with E-state index >= 15 is 0 Å². The van der Waals surface area contributed by atoms with Gasteiger partial charge in [-0.15, -0.1) is 6.42 Å². The Hall–Kier alpha value is -1.26. The lowest BCUT2D eigenvalue weighted by molar-refractivity contribution is 0.158. The molecule has 0 spiro atoms. The number of rotatable bonds is 4. The first kappa shape index (κ1) is 13.7. The Morgan fingerprint density at radius 2 is 2.07 bits per heavy atom. The summed E-state index contributed by atoms with van der Waals surface area (Å²) in [6.45, 7) is 4.61. The van der Waals surface area contributed by atoms with Crippen LogP contribution in [0.3, 0.4) is 0 Å². The van der Waals surface area contributed by atoms with Gasteiger partial charge in [-0.3, -0.25) is 0 Å². The molecule has 0 atom stereocenters. The van der Waals surface area contributed by atoms with Gasteiger partial charge in [0.05, 0.1) is 12.1 Å². The van der Waals surface area contributed by atoms with Crippen molar-refractivity contribution in [3.8, 4) is 12.3 Å². The molecule has 0 radical (unpaired) electrons. The maximum Gasteiger partial charge on any atom is 0.421 e. The predicted molar refractivity (Wildman–Crippen MR) is 55.1 cm³/mol. The van der Waals surface area contributed by atoms with E-state index in [1.54, 1.807) is 11.6 Å². The molecule has 0 saturated carbocycles. The Balaban J connectivity index is 4.47. The maximum atomic E-state index is 11.3. The molecule has 7 heteroatoms. The van der Waals surface area contributed by atoms with Gasteiger partial charge in [-0.1, -0.05) is 5.92 Å². The number of carbonyl (C=O) groups excluding carboxylic acids is 1. The minimum Gasteiger partial charge on any atom is -0.449 e. The lowest BCUT2D eigenvalue weighted by Gasteiger charge is -2.19. The molecule has 1 amide bonds. The highest BCUT2D eigenvalue weighted by Gasteiger charge is 2.24. The maximum absolute atomic E-state index is 11.3. The van der Waals surface area contributed by atoms with Crippen molar-refractivity contribution in [2.45, 2.75) is 26.3 Å². The molecule has 0 aliphatic heterocycles. The van der Waals surface area contributed by atoms with Crippen molar-refractivity contribution in [1.82, 2.24) is 9.44 Å². The fraction of sp³-hybridized carbons (Fsp3) is 0.625. The molecule has 2 N–H and O–H groups in total. The molecule has 0 fully saturated rings. The van der Waals surface area contributed by atoms with Crippen molar-refractivity contribution >= 4 is 16.3 Å². The van der Waals surface area contributed by atoms with Crippen molar-refractivity contribution in [2.75, 3.05) is 6.61 Å². The van der Waals surface area contributed by atoms with Crippen LogP contribution in [-0.4, -0.2) is 26.7 Å². The second-order valence-electron chi connectivity index (χ2n) is 3.20. The zero-order chi connectivity index (χ0) is 12.1. The van der Waals surface area contributed by atoms with Gasteiger partial charge < -0.3 is 4.74 Å². The lowest BCUT2D eigenvalue weighted by Crippen LogP contribution is -2.49. The summed E-state index contributed by atoms with van der Waals surface area (Å²) in [6.07, 6.45) is 4.04. The van der Waals surface area contributed by atoms with E-state index in [0.717, 1.165) is 0 Å². The molecule has 86 valence electrons. The van der Waals surface area contributed by atoms with Crippen molar-refractivity contribution in [3.05, 3.63) is 0 Å². The quantitative estimate of drug-likeness (QED) is 0.669. The third-order valence-electron chi connectivity index (χ3n) is 1.24. The third kappa shape index (κ3) is 5.93. The summed E-state index contributed by atoms with van der Waals surface area (Å²) in [5, 5.41) is 0. The van der Waals surface area contributed by atoms with Crippen molar-refractivity contribution in [2.24, 2.45) is 0 Å². The molecule has 0 bridgehead atoms. The van der Waals surface area contributed by atoms with Gasteiger partial charge in [0.15, 0.2) is 0 Å². The summed E-state index contributed by atoms with van der Waals surface area (Å²) in [4.78, 5) is 10.8. The Morgan fingerprint density at radius 3 is 2.47 bits per heavy atom. The van der Waals surface area contributed by atoms with E-state index in [2.05, 4.69) is 15.4 Å². The summed E-state index contributed by atoms with van der Waals surface area (Å²) in [5.74, 6) is 2.22. The standard InChI is InChI=1S/C8H14N2O4S/c1-5-8(3,4)10-15(12,13)9-7(11)14-6-2/h1,10H,6H2,2-4H3,(H,9,11). The van der Waals surface area contributed by atoms with Crippen LogP contribution in [-0.2, 0) is 14.9 Å². The summed E-state index contributed by atoms with van der Waals surface area (Å²) < 4.78 is 30.7. The normalized spacial score (nSPS) is 11.6. The number of nitrogens with one attached hydrogen (secondary N) is 2. The van der Waals surface area contributed by atoms with Gasteiger partial charge in [-0.05, 0) is 20.8 Å². The summed E-state index contributed by atoms with van der Waals surface area (Å²) >= 11 is 0. The van der Waals surface area contributed by atoms with Crippen LogP contribution < -0.4 is 9.44 Å². The smallest absolute Gasteiger partial charge is 0.421 e. The number of hydrogen-bond acceptors (Lipinski definition) is 4. The Bertz CT molecular complexity index is 367. The third-order valence-corrected chi connectivity index (χ3v) is 2.46. The average molecular weight is 234 g/mol. The van der Waals surface area contributed by atoms with Crippen LogP contribution in [0, 0.1) is 12.3 Å². The molecule has 15 heavy (non-hydrogen) atoms. The van der Waals surface area contributed by atoms with E-state index < -0.39 is 21.8 Å². The molecule has 0 aromatic rings. The predicted octanol–water partition coefficient (Wildman–Crippen LogP) is -0.0213. The van der Waals surface area contributed by atoms with Crippen molar-refractivity contribution in [3.63, 3.8) is 0 Å². The van der Waals surface area contributed by atoms with Gasteiger partial charge in [-0.2, -0.15) is 13.1 Å². The molecular weight excluding hydrogens is 220 g/mol. The van der Waals surface area contributed by atoms with Crippen molar-refractivity contribution < 1.29 is 17.9 Å². The summed E-state index contributed by atoms with van der Waals surface area (Å²) in [6, 6.07) is 0. The first-order valence-corrected chi connectivity index (χ1v) is 5.67. The monoisotopic (exact) mass is 234 g/mol. The van der Waals surface area contributed by atoms with Crippen LogP contribution in [0.15, 0.2) is 0 Å². The van der Waals surface area contributed by atoms with E-state index in [-0.39, 0.29) is 6.61 Å². The second-order valence-corrected chi connectivity index (χ2v) is 4.61. The van der Waals surface area contributed by atoms with Crippen LogP contribution in [0.5, 0.6) is 0 Å². The number of terminal acetylenes is 1. The van der Waals surface area contributed by atoms with Gasteiger partial charge in [0.2, 0.25) is 0 Å². The van der Waals surface area contributed by atoms with E-state index in [1.165, 1.54) is 13.8 Å². The SMILES string of the molecule is C#CC(C)(C)NS(=O)(=O)NC(=O)OCC. The van der Waals surface area contributed by atoms with Crippen LogP contribution in [0.1, 0.15) is 20.8 Å². The Kier molecular flexibility index (Phi) is 4.58. The Labute approximate surface area is 89.6 Å². The molecule has 6 nitrogen and oxygen atoms in total. The average Bonchev–Trinajstić information content (AvgIpc) is 2.01. The molecule has 0 aliphatic rings. The van der Waals surface area contributed by atoms with Crippen LogP contribution in [0.4, 0.5) is 4.79 Å². The molecular formula is C8H14N2O4S. The minimum atomic E-state index is -3.99. The van der Waals surface area contributed by atoms with Gasteiger partial charge in [0, 0.05) is 0 Å². The van der Waals surface area contributed by atoms with Crippen LogP contribution >= 0.6 is 0 Å². The van der Waals surface area contributed by atoms with Gasteiger partial charge in [0.25, 0.3) is 0 Å². The molecule has 0 unspecified atom stereocenters. The molecule has 0 saturated heterocycles. The van der Waals surface area contributed by atoms with Crippen LogP contribution in [0.2, 0.25) is 0 Å². The minimum absolute atomic E-state index is 0.0832. The molecule has 0 aromatic heterocycles. The molecule has 0 heterocycles. The highest BCUT2D eigenvalue weighted by atomic mass is 32.2. The highest BCUT2D eigenvalue weighted by molar-refractivity contribution is 7.88. The van der Waals surface area contributed by atoms with E-state index in [9.17, 15) is 13.2 Å². The zero-order valence-corrected chi connectivity index (χ0v) is 9.64. The fourth-order valence-corrected chi connectivity index (χ4v) is 1.72. The summed E-state index contributed by atoms with van der Waals surface area (Å²) in [7, 11) is -3.99. The fourth-order valence-electron chi connectivity index (χ4n) is 0.661. The van der Waals surface area contributed by atoms with E-state index in [0.29, 0.717) is 0 Å². The molecule has 0 rings (SSSR count). The first-order chi connectivity index (χ1) is 6.72. The van der Waals surface area contributed by atoms with Crippen molar-refractivity contribution in [1.29, 1.82) is 0 Å². The van der Waals surface area contributed by atoms with Gasteiger partial charge >= 0.3 is 16.3 Å². The van der Waals surface area contributed by atoms with Gasteiger partial charge in [-0.25, -0.2) is 9.52 Å². The Morgan fingerprint density at radius 1 is 1.53 bits per heavy atom. The second kappa shape index (κ2) is 5.00. The number of ether oxygens (including phenoxy) is 1. The lowest BCUT2D eigenvalue weighted by atomic mass is 10.1. The largest absolute Gasteiger partial charge is 0.449 e. The zero-order valence-electron chi connectivity index (χ0n) is 8.83. The number of amides is 1. The highest BCUT2D eigenvalue weighted by Crippen LogP contribution is 2.00. The first-order valence-electron chi connectivity index (χ1n) is 4.18. The van der Waals surface area contributed by atoms with E-state index in [4.69, 9.17) is 6.42 Å². The number of carbonyl (C=O) groups is 1. The van der Waals surface area contributed by atoms with Gasteiger partial charge in [0.1, 0.15) is 0 Å². The van der Waals surface area contributed by atoms with E-state index in [1.807, 2.05) is 0 Å². The molecule has 0 aromatic carbocycles. The topological polar surface area (TPSA) is 84.5 Å². The summed E-state index contributed by atoms with van der Waals surface area (Å²) in [5.41, 5.74) is -1.07. The molecule has 0 aliphatic carbocycles. The number of hydrogen-bond donors (Lipinski definition) is 2. The van der Waals surface area contributed by atoms with Crippen LogP contribution in [0.25, 0.3) is 0 Å².